The van der Waals surface area contributed by atoms with Crippen LogP contribution >= 0.6 is 64.8 Å². The number of rotatable bonds is 18. The van der Waals surface area contributed by atoms with E-state index in [0.717, 1.165) is 64.8 Å². The quantitative estimate of drug-likeness (QED) is 0.0359. The highest BCUT2D eigenvalue weighted by atomic mass is 33.1. The van der Waals surface area contributed by atoms with Crippen molar-refractivity contribution < 1.29 is 43.0 Å². The lowest BCUT2D eigenvalue weighted by Gasteiger charge is -2.11. The zero-order valence-corrected chi connectivity index (χ0v) is 25.9. The van der Waals surface area contributed by atoms with Crippen molar-refractivity contribution in [3.63, 3.8) is 0 Å². The van der Waals surface area contributed by atoms with Gasteiger partial charge in [-0.25, -0.2) is 42.5 Å². The van der Waals surface area contributed by atoms with E-state index in [-0.39, 0.29) is 37.5 Å². The van der Waals surface area contributed by atoms with Crippen LogP contribution in [-0.4, -0.2) is 99.7 Å². The molecule has 0 aliphatic rings. The second kappa shape index (κ2) is 22.6. The van der Waals surface area contributed by atoms with Crippen molar-refractivity contribution in [2.24, 2.45) is 15.0 Å². The van der Waals surface area contributed by atoms with Gasteiger partial charge in [0.05, 0.1) is 52.0 Å². The minimum Gasteiger partial charge on any atom is -0.329 e. The van der Waals surface area contributed by atoms with E-state index in [4.69, 9.17) is 14.2 Å². The van der Waals surface area contributed by atoms with Gasteiger partial charge in [-0.05, 0) is 0 Å². The average Bonchev–Trinajstić information content (AvgIpc) is 2.97. The Morgan fingerprint density at radius 3 is 1.07 bits per heavy atom. The number of ether oxygens (including phenoxy) is 3. The fourth-order valence-electron chi connectivity index (χ4n) is 2.39. The van der Waals surface area contributed by atoms with E-state index >= 15 is 0 Å². The van der Waals surface area contributed by atoms with E-state index in [2.05, 4.69) is 15.0 Å². The summed E-state index contributed by atoms with van der Waals surface area (Å²) in [6.45, 7) is -2.30. The molecular weight excluding hydrogens is 685 g/mol. The van der Waals surface area contributed by atoms with E-state index in [9.17, 15) is 43.2 Å². The van der Waals surface area contributed by atoms with Gasteiger partial charge in [0.25, 0.3) is 0 Å². The fourth-order valence-corrected chi connectivity index (χ4v) is 5.85. The highest BCUT2D eigenvalue weighted by Gasteiger charge is 2.22. The molecule has 0 unspecified atom stereocenters. The van der Waals surface area contributed by atoms with Crippen LogP contribution in [0.15, 0.2) is 29.4 Å². The van der Waals surface area contributed by atoms with Crippen LogP contribution < -0.4 is 17.1 Å². The molecule has 0 amide bonds. The molecule has 1 aromatic heterocycles. The summed E-state index contributed by atoms with van der Waals surface area (Å²) in [6.07, 6.45) is 3.97. The molecule has 42 heavy (non-hydrogen) atoms. The van der Waals surface area contributed by atoms with E-state index in [0.29, 0.717) is 13.7 Å². The van der Waals surface area contributed by atoms with Gasteiger partial charge in [0, 0.05) is 0 Å². The highest BCUT2D eigenvalue weighted by Crippen LogP contribution is 2.23. The molecule has 228 valence electrons. The fraction of sp³-hybridized carbons (Fsp3) is 0.500. The van der Waals surface area contributed by atoms with Crippen molar-refractivity contribution in [1.29, 1.82) is 0 Å². The molecule has 3 N–H and O–H groups in total. The molecule has 1 heterocycles. The summed E-state index contributed by atoms with van der Waals surface area (Å²) in [4.78, 5) is 108. The van der Waals surface area contributed by atoms with Gasteiger partial charge in [-0.15, -0.1) is 0 Å². The number of aromatic nitrogens is 3. The van der Waals surface area contributed by atoms with Crippen LogP contribution in [0.2, 0.25) is 0 Å². The summed E-state index contributed by atoms with van der Waals surface area (Å²) in [6, 6.07) is 0. The van der Waals surface area contributed by atoms with Crippen molar-refractivity contribution >= 4 is 98.9 Å². The van der Waals surface area contributed by atoms with Crippen LogP contribution in [0.1, 0.15) is 0 Å². The Labute approximate surface area is 258 Å². The first-order chi connectivity index (χ1) is 20.3. The Kier molecular flexibility index (Phi) is 20.0. The summed E-state index contributed by atoms with van der Waals surface area (Å²) in [5.74, 6) is -0.0162. The summed E-state index contributed by atoms with van der Waals surface area (Å²) in [5, 5.41) is -1.61. The molecule has 0 saturated carbocycles. The number of nitrogens with zero attached hydrogens (tertiary/aromatic N) is 6. The summed E-state index contributed by atoms with van der Waals surface area (Å²) in [7, 11) is 5.08. The molecule has 0 spiro atoms. The molecular formula is C18H21N6O12S6+3. The third-order valence-electron chi connectivity index (χ3n) is 3.94. The Bertz CT molecular complexity index is 1210. The molecule has 0 radical (unpaired) electrons. The summed E-state index contributed by atoms with van der Waals surface area (Å²) in [5.41, 5.74) is -3.10. The van der Waals surface area contributed by atoms with E-state index in [1.165, 1.54) is 18.2 Å². The minimum absolute atomic E-state index is 0.00538. The molecule has 0 aliphatic heterocycles. The third-order valence-corrected chi connectivity index (χ3v) is 9.07. The van der Waals surface area contributed by atoms with Gasteiger partial charge in [0.2, 0.25) is 38.1 Å². The lowest BCUT2D eigenvalue weighted by atomic mass is 10.6. The predicted octanol–water partition coefficient (Wildman–Crippen LogP) is -0.375. The van der Waals surface area contributed by atoms with Gasteiger partial charge in [0.15, 0.2) is 0 Å². The first-order valence-corrected chi connectivity index (χ1v) is 17.7. The first-order valence-electron chi connectivity index (χ1n) is 10.8. The van der Waals surface area contributed by atoms with Crippen molar-refractivity contribution in [3.8, 4) is 0 Å². The molecule has 0 fully saturated rings. The van der Waals surface area contributed by atoms with Gasteiger partial charge in [0.1, 0.15) is 17.6 Å². The van der Waals surface area contributed by atoms with Crippen molar-refractivity contribution in [2.45, 2.75) is 19.6 Å². The maximum absolute atomic E-state index is 13.0. The molecule has 0 aliphatic carbocycles. The molecule has 1 aromatic rings. The Morgan fingerprint density at radius 1 is 0.571 bits per heavy atom. The molecule has 0 saturated heterocycles. The molecule has 0 aromatic carbocycles. The normalized spacial score (nSPS) is 10.0. The summed E-state index contributed by atoms with van der Waals surface area (Å²) >= 11 is 0. The lowest BCUT2D eigenvalue weighted by Crippen LogP contribution is -2.55. The van der Waals surface area contributed by atoms with Crippen LogP contribution in [-0.2, 0) is 48.2 Å². The van der Waals surface area contributed by atoms with Crippen LogP contribution in [0.25, 0.3) is 0 Å². The van der Waals surface area contributed by atoms with Crippen LogP contribution in [0.3, 0.4) is 0 Å². The predicted molar refractivity (Wildman–Crippen MR) is 162 cm³/mol. The molecule has 0 atom stereocenters. The van der Waals surface area contributed by atoms with Gasteiger partial charge in [-0.3, -0.25) is 0 Å². The summed E-state index contributed by atoms with van der Waals surface area (Å²) < 4.78 is 17.2. The largest absolute Gasteiger partial charge is 0.561 e. The monoisotopic (exact) mass is 705 g/mol. The van der Waals surface area contributed by atoms with Crippen LogP contribution in [0.5, 0.6) is 0 Å². The second-order valence-electron chi connectivity index (χ2n) is 6.38. The van der Waals surface area contributed by atoms with Crippen molar-refractivity contribution in [2.75, 3.05) is 37.5 Å². The molecule has 24 heteroatoms. The highest BCUT2D eigenvalue weighted by molar-refractivity contribution is 8.82. The van der Waals surface area contributed by atoms with E-state index in [1.807, 2.05) is 0 Å². The maximum atomic E-state index is 13.0. The first kappa shape index (κ1) is 37.1. The van der Waals surface area contributed by atoms with Crippen LogP contribution in [0.4, 0.5) is 0 Å². The Morgan fingerprint density at radius 2 is 0.833 bits per heavy atom. The average molecular weight is 706 g/mol. The molecule has 18 nitrogen and oxygen atoms in total. The van der Waals surface area contributed by atoms with Crippen LogP contribution in [0, 0.1) is 0 Å². The zero-order valence-electron chi connectivity index (χ0n) is 21.0. The lowest BCUT2D eigenvalue weighted by molar-refractivity contribution is 0.237. The van der Waals surface area contributed by atoms with E-state index < -0.39 is 52.6 Å². The zero-order chi connectivity index (χ0) is 31.2. The standard InChI is InChI=1S/C18H18N6O12S6/c25-7-19-10-37-40-16(31)34-4-1-22-13(28)23(2-5-35-17(32)41-38-11-20-8-26)15(30)24(14(22)29)3-6-36-18(33)42-39-12-21-9-27/h1-6,10-12H2/p+3. The van der Waals surface area contributed by atoms with Gasteiger partial charge >= 0.3 is 33.0 Å². The smallest absolute Gasteiger partial charge is 0.329 e. The van der Waals surface area contributed by atoms with Crippen molar-refractivity contribution in [1.82, 2.24) is 13.7 Å². The number of hydrogen-bond donors (Lipinski definition) is 0. The van der Waals surface area contributed by atoms with Gasteiger partial charge in [-0.1, -0.05) is 32.4 Å². The third kappa shape index (κ3) is 14.8. The number of isocyanates is 3. The number of aliphatic imine (C=N–C) groups is 3. The maximum Gasteiger partial charge on any atom is 0.561 e. The SMILES string of the molecule is O=C=NCSSC(=[OH+])OCCn1c(=O)n(CCOC(=[OH+])SSCN=C=O)c(=O)n(CCOC(=[OH+])SSCN=C=O)c1=O. The topological polar surface area (TPSA) is 246 Å². The number of carbonyl (C=O) groups excluding carboxylic acids is 6. The minimum atomic E-state index is -1.03. The van der Waals surface area contributed by atoms with E-state index in [1.54, 1.807) is 0 Å². The van der Waals surface area contributed by atoms with Crippen molar-refractivity contribution in [3.05, 3.63) is 31.5 Å². The Hall–Kier alpha value is -2.94. The molecule has 0 bridgehead atoms. The number of hydrogen-bond acceptors (Lipinski definition) is 18. The van der Waals surface area contributed by atoms with Gasteiger partial charge < -0.3 is 28.6 Å². The Balaban J connectivity index is 3.01. The van der Waals surface area contributed by atoms with Gasteiger partial charge in [-0.2, -0.15) is 15.0 Å². The molecule has 1 rings (SSSR count). The second-order valence-corrected chi connectivity index (χ2v) is 13.0.